The topological polar surface area (TPSA) is 107 Å². The lowest BCUT2D eigenvalue weighted by atomic mass is 10.0. The standard InChI is InChI=1S/C20H14F3N5O3S/c1-31-17-9-13(20(21,22)23)2-4-16(17)19-15-5-3-14(8-12(15)6-7-24-19)32(29,30)28-18-10-26-27-11-25-18/h2-11H,1H3,(H,25,27,28). The van der Waals surface area contributed by atoms with Crippen LogP contribution in [0.3, 0.4) is 0 Å². The summed E-state index contributed by atoms with van der Waals surface area (Å²) in [5.41, 5.74) is -0.158. The minimum absolute atomic E-state index is 0.00463. The largest absolute Gasteiger partial charge is 0.496 e. The molecule has 164 valence electrons. The quantitative estimate of drug-likeness (QED) is 0.480. The van der Waals surface area contributed by atoms with Crippen molar-refractivity contribution >= 4 is 26.6 Å². The fourth-order valence-corrected chi connectivity index (χ4v) is 4.12. The van der Waals surface area contributed by atoms with Crippen LogP contribution in [0.1, 0.15) is 5.56 Å². The van der Waals surface area contributed by atoms with Crippen LogP contribution in [0.4, 0.5) is 19.0 Å². The van der Waals surface area contributed by atoms with Crippen LogP contribution >= 0.6 is 0 Å². The first kappa shape index (κ1) is 21.4. The Hall–Kier alpha value is -3.80. The number of anilines is 1. The van der Waals surface area contributed by atoms with E-state index in [1.807, 2.05) is 0 Å². The number of hydrogen-bond donors (Lipinski definition) is 1. The van der Waals surface area contributed by atoms with Crippen molar-refractivity contribution in [3.05, 3.63) is 66.7 Å². The summed E-state index contributed by atoms with van der Waals surface area (Å²) in [5.74, 6) is -0.000503. The van der Waals surface area contributed by atoms with Gasteiger partial charge in [-0.25, -0.2) is 13.4 Å². The van der Waals surface area contributed by atoms with Crippen molar-refractivity contribution in [2.24, 2.45) is 0 Å². The molecule has 0 fully saturated rings. The van der Waals surface area contributed by atoms with Gasteiger partial charge in [0.25, 0.3) is 10.0 Å². The van der Waals surface area contributed by atoms with Crippen LogP contribution in [0.15, 0.2) is 66.1 Å². The van der Waals surface area contributed by atoms with Crippen LogP contribution < -0.4 is 9.46 Å². The van der Waals surface area contributed by atoms with E-state index in [1.165, 1.54) is 37.6 Å². The molecule has 4 rings (SSSR count). The average Bonchev–Trinajstić information content (AvgIpc) is 2.77. The Kier molecular flexibility index (Phi) is 5.38. The smallest absolute Gasteiger partial charge is 0.416 e. The van der Waals surface area contributed by atoms with Gasteiger partial charge >= 0.3 is 6.18 Å². The number of methoxy groups -OCH3 is 1. The lowest BCUT2D eigenvalue weighted by molar-refractivity contribution is -0.137. The molecule has 2 aromatic heterocycles. The molecule has 0 aliphatic rings. The molecule has 0 saturated heterocycles. The van der Waals surface area contributed by atoms with Crippen LogP contribution in [-0.4, -0.2) is 35.7 Å². The monoisotopic (exact) mass is 461 g/mol. The molecular weight excluding hydrogens is 447 g/mol. The SMILES string of the molecule is COc1cc(C(F)(F)F)ccc1-c1nccc2cc(S(=O)(=O)Nc3cnncn3)ccc12. The van der Waals surface area contributed by atoms with Crippen LogP contribution in [0.25, 0.3) is 22.0 Å². The first-order valence-corrected chi connectivity index (χ1v) is 10.5. The van der Waals surface area contributed by atoms with Gasteiger partial charge in [-0.2, -0.15) is 18.3 Å². The van der Waals surface area contributed by atoms with Gasteiger partial charge < -0.3 is 4.74 Å². The number of alkyl halides is 3. The van der Waals surface area contributed by atoms with Gasteiger partial charge in [0, 0.05) is 17.1 Å². The highest BCUT2D eigenvalue weighted by Gasteiger charge is 2.31. The highest BCUT2D eigenvalue weighted by molar-refractivity contribution is 7.92. The van der Waals surface area contributed by atoms with Crippen molar-refractivity contribution in [1.82, 2.24) is 20.2 Å². The van der Waals surface area contributed by atoms with Gasteiger partial charge in [0.1, 0.15) is 12.1 Å². The van der Waals surface area contributed by atoms with E-state index >= 15 is 0 Å². The van der Waals surface area contributed by atoms with Crippen molar-refractivity contribution in [3.63, 3.8) is 0 Å². The number of benzene rings is 2. The zero-order chi connectivity index (χ0) is 22.9. The summed E-state index contributed by atoms with van der Waals surface area (Å²) < 4.78 is 72.0. The molecule has 0 bridgehead atoms. The Balaban J connectivity index is 1.78. The lowest BCUT2D eigenvalue weighted by Crippen LogP contribution is -2.14. The zero-order valence-electron chi connectivity index (χ0n) is 16.3. The molecule has 0 atom stereocenters. The highest BCUT2D eigenvalue weighted by atomic mass is 32.2. The molecule has 12 heteroatoms. The second kappa shape index (κ2) is 8.04. The molecule has 0 spiro atoms. The highest BCUT2D eigenvalue weighted by Crippen LogP contribution is 2.38. The Labute approximate surface area is 180 Å². The first-order chi connectivity index (χ1) is 15.2. The molecule has 8 nitrogen and oxygen atoms in total. The van der Waals surface area contributed by atoms with Gasteiger partial charge in [-0.15, -0.1) is 5.10 Å². The molecular formula is C20H14F3N5O3S. The predicted molar refractivity (Wildman–Crippen MR) is 109 cm³/mol. The average molecular weight is 461 g/mol. The van der Waals surface area contributed by atoms with Crippen LogP contribution in [0.5, 0.6) is 5.75 Å². The number of halogens is 3. The maximum Gasteiger partial charge on any atom is 0.416 e. The minimum atomic E-state index is -4.52. The lowest BCUT2D eigenvalue weighted by Gasteiger charge is -2.14. The van der Waals surface area contributed by atoms with Crippen molar-refractivity contribution < 1.29 is 26.3 Å². The van der Waals surface area contributed by atoms with E-state index in [1.54, 1.807) is 6.07 Å². The summed E-state index contributed by atoms with van der Waals surface area (Å²) in [4.78, 5) is 8.03. The van der Waals surface area contributed by atoms with Gasteiger partial charge in [-0.3, -0.25) is 9.71 Å². The number of rotatable bonds is 5. The van der Waals surface area contributed by atoms with E-state index < -0.39 is 21.8 Å². The predicted octanol–water partition coefficient (Wildman–Crippen LogP) is 3.92. The number of nitrogens with zero attached hydrogens (tertiary/aromatic N) is 4. The summed E-state index contributed by atoms with van der Waals surface area (Å²) in [5, 5.41) is 8.10. The second-order valence-corrected chi connectivity index (χ2v) is 8.23. The molecule has 0 radical (unpaired) electrons. The summed E-state index contributed by atoms with van der Waals surface area (Å²) in [6.45, 7) is 0. The van der Waals surface area contributed by atoms with Crippen LogP contribution in [0, 0.1) is 0 Å². The number of aromatic nitrogens is 4. The van der Waals surface area contributed by atoms with Crippen LogP contribution in [0.2, 0.25) is 0 Å². The van der Waals surface area contributed by atoms with Gasteiger partial charge in [0.15, 0.2) is 5.82 Å². The number of ether oxygens (including phenoxy) is 1. The molecule has 0 amide bonds. The summed E-state index contributed by atoms with van der Waals surface area (Å²) in [7, 11) is -2.70. The van der Waals surface area contributed by atoms with E-state index in [9.17, 15) is 21.6 Å². The summed E-state index contributed by atoms with van der Waals surface area (Å²) in [6.07, 6.45) is -0.814. The van der Waals surface area contributed by atoms with Crippen molar-refractivity contribution in [3.8, 4) is 17.0 Å². The van der Waals surface area contributed by atoms with E-state index in [0.29, 0.717) is 22.0 Å². The van der Waals surface area contributed by atoms with Crippen LogP contribution in [-0.2, 0) is 16.2 Å². The molecule has 2 aromatic carbocycles. The van der Waals surface area contributed by atoms with E-state index in [4.69, 9.17) is 4.74 Å². The minimum Gasteiger partial charge on any atom is -0.496 e. The van der Waals surface area contributed by atoms with Gasteiger partial charge in [0.2, 0.25) is 0 Å². The number of fused-ring (bicyclic) bond motifs is 1. The molecule has 32 heavy (non-hydrogen) atoms. The molecule has 0 aliphatic heterocycles. The van der Waals surface area contributed by atoms with Gasteiger partial charge in [0.05, 0.1) is 29.5 Å². The Morgan fingerprint density at radius 3 is 2.50 bits per heavy atom. The van der Waals surface area contributed by atoms with Crippen molar-refractivity contribution in [1.29, 1.82) is 0 Å². The second-order valence-electron chi connectivity index (χ2n) is 6.55. The van der Waals surface area contributed by atoms with Crippen molar-refractivity contribution in [2.75, 3.05) is 11.8 Å². The maximum absolute atomic E-state index is 13.1. The number of pyridine rings is 1. The molecule has 0 unspecified atom stereocenters. The Morgan fingerprint density at radius 2 is 1.81 bits per heavy atom. The number of nitrogens with one attached hydrogen (secondary N) is 1. The summed E-state index contributed by atoms with van der Waals surface area (Å²) in [6, 6.07) is 9.03. The van der Waals surface area contributed by atoms with Gasteiger partial charge in [-0.1, -0.05) is 6.07 Å². The van der Waals surface area contributed by atoms with E-state index in [0.717, 1.165) is 24.7 Å². The molecule has 2 heterocycles. The molecule has 4 aromatic rings. The zero-order valence-corrected chi connectivity index (χ0v) is 17.1. The fourth-order valence-electron chi connectivity index (χ4n) is 3.09. The summed E-state index contributed by atoms with van der Waals surface area (Å²) >= 11 is 0. The Bertz CT molecular complexity index is 1400. The third-order valence-corrected chi connectivity index (χ3v) is 5.92. The van der Waals surface area contributed by atoms with E-state index in [2.05, 4.69) is 24.9 Å². The fraction of sp³-hybridized carbons (Fsp3) is 0.100. The first-order valence-electron chi connectivity index (χ1n) is 8.99. The molecule has 0 saturated carbocycles. The van der Waals surface area contributed by atoms with Crippen molar-refractivity contribution in [2.45, 2.75) is 11.1 Å². The number of sulfonamides is 1. The maximum atomic E-state index is 13.1. The molecule has 1 N–H and O–H groups in total. The number of hydrogen-bond acceptors (Lipinski definition) is 7. The third kappa shape index (κ3) is 4.17. The molecule has 0 aliphatic carbocycles. The Morgan fingerprint density at radius 1 is 1.00 bits per heavy atom. The third-order valence-electron chi connectivity index (χ3n) is 4.56. The van der Waals surface area contributed by atoms with Gasteiger partial charge in [-0.05, 0) is 41.8 Å². The van der Waals surface area contributed by atoms with E-state index in [-0.39, 0.29) is 16.5 Å². The normalized spacial score (nSPS) is 12.0.